The molecule has 0 spiro atoms. The number of carboxylic acids is 1. The van der Waals surface area contributed by atoms with E-state index in [1.807, 2.05) is 38.1 Å². The first-order valence-electron chi connectivity index (χ1n) is 11.0. The van der Waals surface area contributed by atoms with Crippen LogP contribution >= 0.6 is 0 Å². The number of aryl methyl sites for hydroxylation is 1. The van der Waals surface area contributed by atoms with Crippen molar-refractivity contribution in [1.82, 2.24) is 10.6 Å². The monoisotopic (exact) mass is 462 g/mol. The van der Waals surface area contributed by atoms with Gasteiger partial charge in [-0.1, -0.05) is 38.1 Å². The van der Waals surface area contributed by atoms with Gasteiger partial charge in [-0.25, -0.2) is 8.78 Å². The van der Waals surface area contributed by atoms with Gasteiger partial charge in [-0.15, -0.1) is 0 Å². The summed E-state index contributed by atoms with van der Waals surface area (Å²) in [6.45, 7) is 5.12. The van der Waals surface area contributed by atoms with Crippen LogP contribution in [0.15, 0.2) is 42.5 Å². The van der Waals surface area contributed by atoms with E-state index in [-0.39, 0.29) is 24.9 Å². The average Bonchev–Trinajstić information content (AvgIpc) is 2.74. The molecule has 180 valence electrons. The largest absolute Gasteiger partial charge is 0.481 e. The number of rotatable bonds is 12. The van der Waals surface area contributed by atoms with Crippen LogP contribution in [0.1, 0.15) is 50.3 Å². The number of halogens is 2. The second-order valence-corrected chi connectivity index (χ2v) is 8.30. The molecule has 0 radical (unpaired) electrons. The van der Waals surface area contributed by atoms with E-state index >= 15 is 0 Å². The Bertz CT molecular complexity index is 949. The molecule has 2 aromatic carbocycles. The van der Waals surface area contributed by atoms with Crippen molar-refractivity contribution in [1.29, 1.82) is 0 Å². The van der Waals surface area contributed by atoms with Crippen LogP contribution in [0.25, 0.3) is 0 Å². The van der Waals surface area contributed by atoms with Gasteiger partial charge in [0.1, 0.15) is 11.6 Å². The first-order chi connectivity index (χ1) is 15.6. The molecule has 0 aliphatic carbocycles. The lowest BCUT2D eigenvalue weighted by atomic mass is 9.82. The third-order valence-corrected chi connectivity index (χ3v) is 5.83. The van der Waals surface area contributed by atoms with Crippen molar-refractivity contribution in [2.24, 2.45) is 0 Å². The lowest BCUT2D eigenvalue weighted by Crippen LogP contribution is -2.53. The second kappa shape index (κ2) is 11.9. The van der Waals surface area contributed by atoms with Crippen LogP contribution in [0.2, 0.25) is 0 Å². The van der Waals surface area contributed by atoms with Crippen molar-refractivity contribution >= 4 is 11.9 Å². The molecule has 8 heteroatoms. The van der Waals surface area contributed by atoms with Gasteiger partial charge < -0.3 is 20.8 Å². The van der Waals surface area contributed by atoms with Gasteiger partial charge in [-0.05, 0) is 48.1 Å². The maximum atomic E-state index is 13.6. The van der Waals surface area contributed by atoms with E-state index < -0.39 is 41.2 Å². The van der Waals surface area contributed by atoms with Crippen LogP contribution in [0.4, 0.5) is 8.78 Å². The number of hydrogen-bond donors (Lipinski definition) is 4. The van der Waals surface area contributed by atoms with Gasteiger partial charge in [0.2, 0.25) is 5.91 Å². The predicted octanol–water partition coefficient (Wildman–Crippen LogP) is 3.31. The van der Waals surface area contributed by atoms with Gasteiger partial charge in [0.05, 0.1) is 24.1 Å². The standard InChI is InChI=1S/C25H32F2N2O4/c1-4-17-7-6-8-19(9-17)25(5-2,14-24(32)33)28-15-23(31)22(29-16(3)30)12-18-10-20(26)13-21(27)11-18/h6-11,13,22-23,28,31H,4-5,12,14-15H2,1-3H3,(H,29,30)(H,32,33)/t22-,23+,25+/m0/s1. The van der Waals surface area contributed by atoms with Crippen molar-refractivity contribution in [2.75, 3.05) is 6.54 Å². The Labute approximate surface area is 193 Å². The summed E-state index contributed by atoms with van der Waals surface area (Å²) < 4.78 is 27.2. The summed E-state index contributed by atoms with van der Waals surface area (Å²) in [6.07, 6.45) is -0.115. The number of carboxylic acid groups (broad SMARTS) is 1. The molecule has 0 aliphatic rings. The topological polar surface area (TPSA) is 98.7 Å². The van der Waals surface area contributed by atoms with Crippen LogP contribution in [-0.2, 0) is 28.0 Å². The average molecular weight is 463 g/mol. The Morgan fingerprint density at radius 1 is 1.06 bits per heavy atom. The number of benzene rings is 2. The Morgan fingerprint density at radius 2 is 1.73 bits per heavy atom. The quantitative estimate of drug-likeness (QED) is 0.388. The minimum atomic E-state index is -1.14. The molecule has 3 atom stereocenters. The maximum absolute atomic E-state index is 13.6. The summed E-state index contributed by atoms with van der Waals surface area (Å²) in [4.78, 5) is 23.4. The number of amides is 1. The molecule has 1 amide bonds. The first-order valence-corrected chi connectivity index (χ1v) is 11.0. The smallest absolute Gasteiger partial charge is 0.305 e. The van der Waals surface area contributed by atoms with E-state index in [0.29, 0.717) is 6.42 Å². The molecule has 0 unspecified atom stereocenters. The van der Waals surface area contributed by atoms with Crippen LogP contribution in [0.3, 0.4) is 0 Å². The van der Waals surface area contributed by atoms with Crippen LogP contribution in [0, 0.1) is 11.6 Å². The zero-order valence-electron chi connectivity index (χ0n) is 19.2. The Balaban J connectivity index is 2.28. The van der Waals surface area contributed by atoms with Crippen molar-refractivity contribution in [2.45, 2.75) is 64.1 Å². The number of aliphatic hydroxyl groups excluding tert-OH is 1. The third kappa shape index (κ3) is 7.61. The Kier molecular flexibility index (Phi) is 9.49. The van der Waals surface area contributed by atoms with Gasteiger partial charge in [-0.2, -0.15) is 0 Å². The molecule has 0 aromatic heterocycles. The molecular weight excluding hydrogens is 430 g/mol. The molecule has 33 heavy (non-hydrogen) atoms. The highest BCUT2D eigenvalue weighted by atomic mass is 19.1. The fourth-order valence-electron chi connectivity index (χ4n) is 4.04. The van der Waals surface area contributed by atoms with Gasteiger partial charge in [-0.3, -0.25) is 9.59 Å². The highest BCUT2D eigenvalue weighted by Gasteiger charge is 2.34. The molecular formula is C25H32F2N2O4. The van der Waals surface area contributed by atoms with Gasteiger partial charge in [0.25, 0.3) is 0 Å². The second-order valence-electron chi connectivity index (χ2n) is 8.30. The first kappa shape index (κ1) is 26.4. The van der Waals surface area contributed by atoms with E-state index in [4.69, 9.17) is 0 Å². The summed E-state index contributed by atoms with van der Waals surface area (Å²) in [7, 11) is 0. The predicted molar refractivity (Wildman–Crippen MR) is 122 cm³/mol. The highest BCUT2D eigenvalue weighted by Crippen LogP contribution is 2.30. The highest BCUT2D eigenvalue weighted by molar-refractivity contribution is 5.73. The Morgan fingerprint density at radius 3 is 2.27 bits per heavy atom. The van der Waals surface area contributed by atoms with Crippen molar-refractivity contribution in [3.8, 4) is 0 Å². The van der Waals surface area contributed by atoms with Crippen LogP contribution < -0.4 is 10.6 Å². The van der Waals surface area contributed by atoms with Gasteiger partial charge in [0.15, 0.2) is 0 Å². The lowest BCUT2D eigenvalue weighted by molar-refractivity contribution is -0.139. The van der Waals surface area contributed by atoms with E-state index in [1.54, 1.807) is 0 Å². The van der Waals surface area contributed by atoms with Crippen LogP contribution in [-0.4, -0.2) is 40.8 Å². The van der Waals surface area contributed by atoms with Gasteiger partial charge >= 0.3 is 5.97 Å². The van der Waals surface area contributed by atoms with E-state index in [0.717, 1.165) is 35.7 Å². The van der Waals surface area contributed by atoms with E-state index in [2.05, 4.69) is 10.6 Å². The number of aliphatic carboxylic acids is 1. The Hall–Kier alpha value is -2.84. The molecule has 0 saturated heterocycles. The summed E-state index contributed by atoms with van der Waals surface area (Å²) in [5.74, 6) is -2.89. The number of hydrogen-bond acceptors (Lipinski definition) is 4. The van der Waals surface area contributed by atoms with E-state index in [1.165, 1.54) is 6.92 Å². The summed E-state index contributed by atoms with van der Waals surface area (Å²) in [5, 5.41) is 26.3. The van der Waals surface area contributed by atoms with Crippen molar-refractivity contribution in [3.05, 3.63) is 70.8 Å². The summed E-state index contributed by atoms with van der Waals surface area (Å²) in [6, 6.07) is 9.85. The summed E-state index contributed by atoms with van der Waals surface area (Å²) in [5.41, 5.74) is 1.20. The number of nitrogens with one attached hydrogen (secondary N) is 2. The molecule has 6 nitrogen and oxygen atoms in total. The SMILES string of the molecule is CCc1cccc([C@@](CC)(CC(=O)O)NC[C@@H](O)[C@H](Cc2cc(F)cc(F)c2)NC(C)=O)c1. The summed E-state index contributed by atoms with van der Waals surface area (Å²) >= 11 is 0. The third-order valence-electron chi connectivity index (χ3n) is 5.83. The van der Waals surface area contributed by atoms with Crippen LogP contribution in [0.5, 0.6) is 0 Å². The fraction of sp³-hybridized carbons (Fsp3) is 0.440. The van der Waals surface area contributed by atoms with Crippen molar-refractivity contribution < 1.29 is 28.6 Å². The molecule has 2 aromatic rings. The zero-order chi connectivity index (χ0) is 24.6. The fourth-order valence-corrected chi connectivity index (χ4v) is 4.04. The molecule has 0 bridgehead atoms. The molecule has 0 saturated carbocycles. The molecule has 2 rings (SSSR count). The molecule has 0 fully saturated rings. The minimum Gasteiger partial charge on any atom is -0.481 e. The molecule has 0 heterocycles. The number of carbonyl (C=O) groups excluding carboxylic acids is 1. The molecule has 4 N–H and O–H groups in total. The normalized spacial score (nSPS) is 14.8. The maximum Gasteiger partial charge on any atom is 0.305 e. The number of aliphatic hydroxyl groups is 1. The zero-order valence-corrected chi connectivity index (χ0v) is 19.2. The minimum absolute atomic E-state index is 0.000478. The molecule has 0 aliphatic heterocycles. The van der Waals surface area contributed by atoms with Gasteiger partial charge in [0, 0.05) is 19.5 Å². The lowest BCUT2D eigenvalue weighted by Gasteiger charge is -2.36. The number of carbonyl (C=O) groups is 2. The van der Waals surface area contributed by atoms with Crippen molar-refractivity contribution in [3.63, 3.8) is 0 Å². The van der Waals surface area contributed by atoms with E-state index in [9.17, 15) is 28.6 Å².